The lowest BCUT2D eigenvalue weighted by Crippen LogP contribution is -2.34. The van der Waals surface area contributed by atoms with E-state index in [4.69, 9.17) is 0 Å². The summed E-state index contributed by atoms with van der Waals surface area (Å²) < 4.78 is 0. The Kier molecular flexibility index (Phi) is 4.61. The molecule has 1 fully saturated rings. The highest BCUT2D eigenvalue weighted by atomic mass is 16.2. The van der Waals surface area contributed by atoms with Gasteiger partial charge in [0.25, 0.3) is 0 Å². The summed E-state index contributed by atoms with van der Waals surface area (Å²) in [6.45, 7) is 0. The molecule has 5 nitrogen and oxygen atoms in total. The highest BCUT2D eigenvalue weighted by molar-refractivity contribution is 5.93. The van der Waals surface area contributed by atoms with E-state index in [1.165, 1.54) is 0 Å². The lowest BCUT2D eigenvalue weighted by Gasteiger charge is -2.21. The van der Waals surface area contributed by atoms with Crippen LogP contribution in [0.2, 0.25) is 0 Å². The number of anilines is 2. The molecular formula is C21H23N3O2. The van der Waals surface area contributed by atoms with Crippen molar-refractivity contribution in [3.8, 4) is 0 Å². The summed E-state index contributed by atoms with van der Waals surface area (Å²) >= 11 is 0. The Morgan fingerprint density at radius 2 is 1.88 bits per heavy atom. The third kappa shape index (κ3) is 3.87. The van der Waals surface area contributed by atoms with Crippen LogP contribution in [0.4, 0.5) is 11.4 Å². The van der Waals surface area contributed by atoms with E-state index < -0.39 is 6.04 Å². The summed E-state index contributed by atoms with van der Waals surface area (Å²) in [6, 6.07) is 15.5. The molecular weight excluding hydrogens is 326 g/mol. The number of fused-ring (bicyclic) bond motifs is 1. The summed E-state index contributed by atoms with van der Waals surface area (Å²) in [4.78, 5) is 24.5. The van der Waals surface area contributed by atoms with E-state index >= 15 is 0 Å². The quantitative estimate of drug-likeness (QED) is 0.775. The minimum atomic E-state index is -0.435. The van der Waals surface area contributed by atoms with E-state index in [0.717, 1.165) is 48.2 Å². The molecule has 0 spiro atoms. The Morgan fingerprint density at radius 1 is 1.08 bits per heavy atom. The van der Waals surface area contributed by atoms with Gasteiger partial charge < -0.3 is 16.0 Å². The van der Waals surface area contributed by atoms with Gasteiger partial charge in [-0.05, 0) is 55.0 Å². The van der Waals surface area contributed by atoms with Gasteiger partial charge in [0.15, 0.2) is 0 Å². The van der Waals surface area contributed by atoms with Crippen molar-refractivity contribution in [2.75, 3.05) is 10.6 Å². The van der Waals surface area contributed by atoms with Crippen molar-refractivity contribution >= 4 is 23.2 Å². The minimum absolute atomic E-state index is 0.00180. The molecule has 2 amide bonds. The molecule has 0 aromatic heterocycles. The van der Waals surface area contributed by atoms with Crippen molar-refractivity contribution in [1.82, 2.24) is 5.32 Å². The van der Waals surface area contributed by atoms with Crippen LogP contribution in [0.3, 0.4) is 0 Å². The van der Waals surface area contributed by atoms with E-state index in [2.05, 4.69) is 16.0 Å². The Bertz CT molecular complexity index is 815. The van der Waals surface area contributed by atoms with Crippen molar-refractivity contribution < 1.29 is 9.59 Å². The number of rotatable bonds is 5. The number of benzene rings is 2. The number of carbonyl (C=O) groups is 2. The van der Waals surface area contributed by atoms with Gasteiger partial charge >= 0.3 is 0 Å². The highest BCUT2D eigenvalue weighted by Crippen LogP contribution is 2.28. The monoisotopic (exact) mass is 349 g/mol. The van der Waals surface area contributed by atoms with E-state index in [9.17, 15) is 9.59 Å². The van der Waals surface area contributed by atoms with Gasteiger partial charge in [0.2, 0.25) is 11.8 Å². The van der Waals surface area contributed by atoms with Gasteiger partial charge in [-0.3, -0.25) is 9.59 Å². The first-order chi connectivity index (χ1) is 12.7. The van der Waals surface area contributed by atoms with Crippen LogP contribution >= 0.6 is 0 Å². The Hall–Kier alpha value is -2.82. The number of nitrogens with one attached hydrogen (secondary N) is 3. The lowest BCUT2D eigenvalue weighted by atomic mass is 10.0. The zero-order valence-corrected chi connectivity index (χ0v) is 14.6. The van der Waals surface area contributed by atoms with Crippen LogP contribution in [-0.2, 0) is 16.0 Å². The molecule has 2 aromatic rings. The summed E-state index contributed by atoms with van der Waals surface area (Å²) in [7, 11) is 0. The second-order valence-corrected chi connectivity index (χ2v) is 7.04. The van der Waals surface area contributed by atoms with Gasteiger partial charge in [-0.2, -0.15) is 0 Å². The molecule has 26 heavy (non-hydrogen) atoms. The molecule has 2 aromatic carbocycles. The summed E-state index contributed by atoms with van der Waals surface area (Å²) in [5.74, 6) is 0.0670. The van der Waals surface area contributed by atoms with Crippen LogP contribution in [0.1, 0.15) is 42.9 Å². The fourth-order valence-electron chi connectivity index (χ4n) is 3.29. The average molecular weight is 349 g/mol. The molecule has 0 bridgehead atoms. The molecule has 5 heteroatoms. The van der Waals surface area contributed by atoms with Gasteiger partial charge in [-0.1, -0.05) is 30.3 Å². The fraction of sp³-hybridized carbons (Fsp3) is 0.333. The normalized spacial score (nSPS) is 17.5. The van der Waals surface area contributed by atoms with Gasteiger partial charge in [-0.25, -0.2) is 0 Å². The molecule has 3 N–H and O–H groups in total. The standard InChI is InChI=1S/C21H23N3O2/c25-19-8-4-7-15-13-17(11-12-18(15)24-19)22-20(14-5-2-1-3-6-14)21(26)23-16-9-10-16/h1-3,5-6,11-13,16,20,22H,4,7-10H2,(H,23,26)(H,24,25). The summed E-state index contributed by atoms with van der Waals surface area (Å²) in [6.07, 6.45) is 4.37. The number of amides is 2. The van der Waals surface area contributed by atoms with Crippen molar-refractivity contribution in [2.24, 2.45) is 0 Å². The zero-order valence-electron chi connectivity index (χ0n) is 14.6. The molecule has 0 saturated heterocycles. The van der Waals surface area contributed by atoms with Crippen LogP contribution in [0.25, 0.3) is 0 Å². The molecule has 1 aliphatic carbocycles. The van der Waals surface area contributed by atoms with Crippen molar-refractivity contribution in [3.05, 3.63) is 59.7 Å². The van der Waals surface area contributed by atoms with Crippen LogP contribution in [0.15, 0.2) is 48.5 Å². The first-order valence-corrected chi connectivity index (χ1v) is 9.24. The molecule has 1 aliphatic heterocycles. The third-order valence-electron chi connectivity index (χ3n) is 4.86. The SMILES string of the molecule is O=C1CCCc2cc(NC(C(=O)NC3CC3)c3ccccc3)ccc2N1. The van der Waals surface area contributed by atoms with Crippen molar-refractivity contribution in [2.45, 2.75) is 44.2 Å². The van der Waals surface area contributed by atoms with Gasteiger partial charge in [0.1, 0.15) is 6.04 Å². The predicted octanol–water partition coefficient (Wildman–Crippen LogP) is 3.39. The first kappa shape index (κ1) is 16.6. The second kappa shape index (κ2) is 7.20. The molecule has 1 saturated carbocycles. The lowest BCUT2D eigenvalue weighted by molar-refractivity contribution is -0.122. The Balaban J connectivity index is 1.58. The smallest absolute Gasteiger partial charge is 0.247 e. The molecule has 4 rings (SSSR count). The Morgan fingerprint density at radius 3 is 2.65 bits per heavy atom. The third-order valence-corrected chi connectivity index (χ3v) is 4.86. The average Bonchev–Trinajstić information content (AvgIpc) is 3.47. The van der Waals surface area contributed by atoms with E-state index in [1.807, 2.05) is 48.5 Å². The largest absolute Gasteiger partial charge is 0.370 e. The van der Waals surface area contributed by atoms with Gasteiger partial charge in [0, 0.05) is 23.8 Å². The fourth-order valence-corrected chi connectivity index (χ4v) is 3.29. The van der Waals surface area contributed by atoms with Crippen LogP contribution in [0.5, 0.6) is 0 Å². The van der Waals surface area contributed by atoms with E-state index in [-0.39, 0.29) is 11.8 Å². The summed E-state index contributed by atoms with van der Waals surface area (Å²) in [5, 5.41) is 9.42. The van der Waals surface area contributed by atoms with E-state index in [1.54, 1.807) is 0 Å². The zero-order chi connectivity index (χ0) is 17.9. The molecule has 2 aliphatic rings. The number of carbonyl (C=O) groups excluding carboxylic acids is 2. The second-order valence-electron chi connectivity index (χ2n) is 7.04. The number of hydrogen-bond donors (Lipinski definition) is 3. The number of hydrogen-bond acceptors (Lipinski definition) is 3. The Labute approximate surface area is 153 Å². The van der Waals surface area contributed by atoms with Crippen LogP contribution in [-0.4, -0.2) is 17.9 Å². The molecule has 0 radical (unpaired) electrons. The molecule has 1 heterocycles. The maximum Gasteiger partial charge on any atom is 0.247 e. The van der Waals surface area contributed by atoms with Crippen LogP contribution in [0, 0.1) is 0 Å². The number of aryl methyl sites for hydroxylation is 1. The molecule has 1 unspecified atom stereocenters. The van der Waals surface area contributed by atoms with E-state index in [0.29, 0.717) is 12.5 Å². The van der Waals surface area contributed by atoms with Crippen molar-refractivity contribution in [3.63, 3.8) is 0 Å². The molecule has 134 valence electrons. The van der Waals surface area contributed by atoms with Gasteiger partial charge in [0.05, 0.1) is 0 Å². The minimum Gasteiger partial charge on any atom is -0.370 e. The predicted molar refractivity (Wildman–Crippen MR) is 102 cm³/mol. The van der Waals surface area contributed by atoms with Gasteiger partial charge in [-0.15, -0.1) is 0 Å². The maximum absolute atomic E-state index is 12.8. The topological polar surface area (TPSA) is 70.2 Å². The highest BCUT2D eigenvalue weighted by Gasteiger charge is 2.28. The first-order valence-electron chi connectivity index (χ1n) is 9.24. The van der Waals surface area contributed by atoms with Crippen molar-refractivity contribution in [1.29, 1.82) is 0 Å². The summed E-state index contributed by atoms with van der Waals surface area (Å²) in [5.41, 5.74) is 3.81. The molecule has 1 atom stereocenters. The van der Waals surface area contributed by atoms with Crippen LogP contribution < -0.4 is 16.0 Å². The maximum atomic E-state index is 12.8.